The Kier molecular flexibility index (Phi) is 3.81. The van der Waals surface area contributed by atoms with E-state index in [2.05, 4.69) is 14.5 Å². The van der Waals surface area contributed by atoms with Crippen LogP contribution in [-0.2, 0) is 9.05 Å². The molecule has 0 aliphatic rings. The van der Waals surface area contributed by atoms with Gasteiger partial charge in [0.2, 0.25) is 5.75 Å². The van der Waals surface area contributed by atoms with E-state index in [9.17, 15) is 21.6 Å². The number of methoxy groups -OCH3 is 1. The Bertz CT molecular complexity index is 561. The fourth-order valence-corrected chi connectivity index (χ4v) is 1.93. The van der Waals surface area contributed by atoms with E-state index < -0.39 is 37.6 Å². The number of anilines is 1. The van der Waals surface area contributed by atoms with E-state index in [0.29, 0.717) is 6.20 Å². The summed E-state index contributed by atoms with van der Waals surface area (Å²) in [6.07, 6.45) is -4.42. The normalized spacial score (nSPS) is 12.3. The molecule has 0 aliphatic heterocycles. The third kappa shape index (κ3) is 3.29. The molecule has 0 spiro atoms. The average Bonchev–Trinajstić information content (AvgIpc) is 2.17. The van der Waals surface area contributed by atoms with Crippen molar-refractivity contribution in [2.45, 2.75) is 11.3 Å². The summed E-state index contributed by atoms with van der Waals surface area (Å²) in [5, 5.41) is 0. The molecule has 0 amide bonds. The van der Waals surface area contributed by atoms with Crippen molar-refractivity contribution >= 4 is 25.4 Å². The molecule has 1 aromatic heterocycles. The number of nitrogens with zero attached hydrogens (tertiary/aromatic N) is 1. The first-order valence-corrected chi connectivity index (χ1v) is 6.40. The Morgan fingerprint density at radius 2 is 2.00 bits per heavy atom. The number of aromatic nitrogens is 1. The van der Waals surface area contributed by atoms with Gasteiger partial charge >= 0.3 is 6.36 Å². The van der Waals surface area contributed by atoms with Gasteiger partial charge in [-0.25, -0.2) is 13.4 Å². The Labute approximate surface area is 104 Å². The minimum absolute atomic E-state index is 0.617. The third-order valence-corrected chi connectivity index (χ3v) is 3.03. The van der Waals surface area contributed by atoms with Crippen molar-refractivity contribution in [2.24, 2.45) is 0 Å². The molecule has 1 rings (SSSR count). The molecule has 102 valence electrons. The fourth-order valence-electron chi connectivity index (χ4n) is 1.03. The van der Waals surface area contributed by atoms with Crippen LogP contribution < -0.4 is 15.2 Å². The third-order valence-electron chi connectivity index (χ3n) is 1.68. The largest absolute Gasteiger partial charge is 0.573 e. The molecule has 0 aromatic carbocycles. The number of alkyl halides is 3. The maximum atomic E-state index is 12.1. The lowest BCUT2D eigenvalue weighted by molar-refractivity contribution is -0.274. The molecule has 6 nitrogen and oxygen atoms in total. The topological polar surface area (TPSA) is 91.5 Å². The number of rotatable bonds is 3. The van der Waals surface area contributed by atoms with Crippen LogP contribution in [-0.4, -0.2) is 26.9 Å². The van der Waals surface area contributed by atoms with Crippen LogP contribution in [0.25, 0.3) is 0 Å². The molecule has 0 fully saturated rings. The van der Waals surface area contributed by atoms with Crippen molar-refractivity contribution < 1.29 is 31.1 Å². The molecule has 1 aromatic rings. The first-order valence-electron chi connectivity index (χ1n) is 4.09. The summed E-state index contributed by atoms with van der Waals surface area (Å²) >= 11 is 0. The van der Waals surface area contributed by atoms with Gasteiger partial charge in [0, 0.05) is 10.7 Å². The van der Waals surface area contributed by atoms with Crippen molar-refractivity contribution in [2.75, 3.05) is 12.8 Å². The van der Waals surface area contributed by atoms with E-state index in [1.54, 1.807) is 0 Å². The van der Waals surface area contributed by atoms with Crippen LogP contribution in [0.2, 0.25) is 0 Å². The van der Waals surface area contributed by atoms with Crippen LogP contribution in [0.1, 0.15) is 0 Å². The number of ether oxygens (including phenoxy) is 2. The smallest absolute Gasteiger partial charge is 0.478 e. The molecule has 0 radical (unpaired) electrons. The minimum Gasteiger partial charge on any atom is -0.478 e. The number of nitrogens with two attached hydrogens (primary N) is 1. The van der Waals surface area contributed by atoms with E-state index in [-0.39, 0.29) is 0 Å². The van der Waals surface area contributed by atoms with Gasteiger partial charge in [0.1, 0.15) is 10.6 Å². The van der Waals surface area contributed by atoms with Crippen LogP contribution >= 0.6 is 10.7 Å². The molecule has 0 aliphatic carbocycles. The molecule has 18 heavy (non-hydrogen) atoms. The van der Waals surface area contributed by atoms with Crippen molar-refractivity contribution in [1.82, 2.24) is 4.98 Å². The maximum Gasteiger partial charge on any atom is 0.573 e. The van der Waals surface area contributed by atoms with E-state index in [1.165, 1.54) is 0 Å². The fraction of sp³-hybridized carbons (Fsp3) is 0.286. The van der Waals surface area contributed by atoms with E-state index in [1.807, 2.05) is 0 Å². The van der Waals surface area contributed by atoms with E-state index >= 15 is 0 Å². The van der Waals surface area contributed by atoms with Crippen LogP contribution in [0.3, 0.4) is 0 Å². The van der Waals surface area contributed by atoms with Crippen molar-refractivity contribution in [3.05, 3.63) is 6.20 Å². The van der Waals surface area contributed by atoms with Gasteiger partial charge in [-0.3, -0.25) is 0 Å². The Balaban J connectivity index is 3.46. The lowest BCUT2D eigenvalue weighted by Gasteiger charge is -2.14. The Hall–Kier alpha value is -1.42. The summed E-state index contributed by atoms with van der Waals surface area (Å²) in [4.78, 5) is 2.52. The van der Waals surface area contributed by atoms with Gasteiger partial charge in [-0.05, 0) is 0 Å². The van der Waals surface area contributed by atoms with Gasteiger partial charge in [-0.2, -0.15) is 0 Å². The number of halogens is 4. The zero-order valence-corrected chi connectivity index (χ0v) is 10.2. The molecule has 0 saturated carbocycles. The standard InChI is InChI=1S/C7H6ClF3N2O4S/c1-16-6-5(17-7(9,10)11)4(12)3(2-13-6)18(8,14)15/h2H,1H3,(H2,12,13). The molecule has 0 unspecified atom stereocenters. The lowest BCUT2D eigenvalue weighted by atomic mass is 10.4. The lowest BCUT2D eigenvalue weighted by Crippen LogP contribution is -2.19. The van der Waals surface area contributed by atoms with Crippen LogP contribution in [0.4, 0.5) is 18.9 Å². The summed E-state index contributed by atoms with van der Waals surface area (Å²) in [5.41, 5.74) is 4.41. The SMILES string of the molecule is COc1ncc(S(=O)(=O)Cl)c(N)c1OC(F)(F)F. The van der Waals surface area contributed by atoms with Gasteiger partial charge in [-0.1, -0.05) is 0 Å². The van der Waals surface area contributed by atoms with Gasteiger partial charge in [0.05, 0.1) is 13.3 Å². The zero-order valence-electron chi connectivity index (χ0n) is 8.66. The number of pyridine rings is 1. The zero-order chi connectivity index (χ0) is 14.1. The van der Waals surface area contributed by atoms with Crippen molar-refractivity contribution in [3.8, 4) is 11.6 Å². The summed E-state index contributed by atoms with van der Waals surface area (Å²) in [6.45, 7) is 0. The van der Waals surface area contributed by atoms with Gasteiger partial charge in [-0.15, -0.1) is 13.2 Å². The molecule has 2 N–H and O–H groups in total. The monoisotopic (exact) mass is 306 g/mol. The molecule has 0 saturated heterocycles. The molecule has 0 atom stereocenters. The van der Waals surface area contributed by atoms with E-state index in [0.717, 1.165) is 7.11 Å². The highest BCUT2D eigenvalue weighted by molar-refractivity contribution is 8.13. The van der Waals surface area contributed by atoms with Crippen molar-refractivity contribution in [3.63, 3.8) is 0 Å². The summed E-state index contributed by atoms with van der Waals surface area (Å²) in [5.74, 6) is -1.68. The second kappa shape index (κ2) is 4.69. The molecular formula is C7H6ClF3N2O4S. The van der Waals surface area contributed by atoms with Crippen molar-refractivity contribution in [1.29, 1.82) is 0 Å². The summed E-state index contributed by atoms with van der Waals surface area (Å²) < 4.78 is 66.5. The Morgan fingerprint density at radius 1 is 1.44 bits per heavy atom. The van der Waals surface area contributed by atoms with Crippen LogP contribution in [0.15, 0.2) is 11.1 Å². The summed E-state index contributed by atoms with van der Waals surface area (Å²) in [6, 6.07) is 0. The quantitative estimate of drug-likeness (QED) is 0.851. The molecule has 1 heterocycles. The highest BCUT2D eigenvalue weighted by Crippen LogP contribution is 2.39. The molecule has 11 heteroatoms. The average molecular weight is 307 g/mol. The predicted octanol–water partition coefficient (Wildman–Crippen LogP) is 1.50. The first kappa shape index (κ1) is 14.6. The van der Waals surface area contributed by atoms with Gasteiger partial charge in [0.25, 0.3) is 14.9 Å². The molecule has 0 bridgehead atoms. The Morgan fingerprint density at radius 3 is 2.39 bits per heavy atom. The van der Waals surface area contributed by atoms with Crippen LogP contribution in [0, 0.1) is 0 Å². The molecular weight excluding hydrogens is 301 g/mol. The second-order valence-corrected chi connectivity index (χ2v) is 5.39. The number of hydrogen-bond acceptors (Lipinski definition) is 6. The second-order valence-electron chi connectivity index (χ2n) is 2.86. The maximum absolute atomic E-state index is 12.1. The van der Waals surface area contributed by atoms with Crippen LogP contribution in [0.5, 0.6) is 11.6 Å². The highest BCUT2D eigenvalue weighted by Gasteiger charge is 2.35. The van der Waals surface area contributed by atoms with Gasteiger partial charge in [0.15, 0.2) is 0 Å². The van der Waals surface area contributed by atoms with Gasteiger partial charge < -0.3 is 15.2 Å². The highest BCUT2D eigenvalue weighted by atomic mass is 35.7. The summed E-state index contributed by atoms with van der Waals surface area (Å²) in [7, 11) is 1.64. The first-order chi connectivity index (χ1) is 8.06. The minimum atomic E-state index is -5.09. The number of nitrogen functional groups attached to an aromatic ring is 1. The van der Waals surface area contributed by atoms with E-state index in [4.69, 9.17) is 16.4 Å². The number of hydrogen-bond donors (Lipinski definition) is 1. The predicted molar refractivity (Wildman–Crippen MR) is 54.9 cm³/mol.